The van der Waals surface area contributed by atoms with E-state index in [1.54, 1.807) is 0 Å². The predicted octanol–water partition coefficient (Wildman–Crippen LogP) is 2.05. The van der Waals surface area contributed by atoms with Crippen molar-refractivity contribution in [2.45, 2.75) is 26.4 Å². The van der Waals surface area contributed by atoms with Crippen molar-refractivity contribution in [2.75, 3.05) is 17.2 Å². The molecule has 0 saturated carbocycles. The normalized spacial score (nSPS) is 13.9. The zero-order valence-corrected chi connectivity index (χ0v) is 10.6. The Morgan fingerprint density at radius 3 is 2.94 bits per heavy atom. The van der Waals surface area contributed by atoms with Crippen LogP contribution in [-0.2, 0) is 19.5 Å². The van der Waals surface area contributed by atoms with Gasteiger partial charge in [0, 0.05) is 30.9 Å². The molecule has 0 spiro atoms. The second kappa shape index (κ2) is 4.37. The summed E-state index contributed by atoms with van der Waals surface area (Å²) >= 11 is 0. The van der Waals surface area contributed by atoms with Crippen LogP contribution in [0.3, 0.4) is 0 Å². The van der Waals surface area contributed by atoms with Gasteiger partial charge in [-0.2, -0.15) is 5.10 Å². The van der Waals surface area contributed by atoms with E-state index in [9.17, 15) is 0 Å². The molecule has 1 aliphatic heterocycles. The molecule has 0 aliphatic carbocycles. The van der Waals surface area contributed by atoms with Crippen molar-refractivity contribution in [1.82, 2.24) is 9.78 Å². The lowest BCUT2D eigenvalue weighted by atomic mass is 10.2. The molecule has 2 N–H and O–H groups in total. The molecule has 4 heteroatoms. The molecule has 2 aromatic rings. The largest absolute Gasteiger partial charge is 0.384 e. The van der Waals surface area contributed by atoms with Crippen LogP contribution in [0.25, 0.3) is 0 Å². The molecule has 0 saturated heterocycles. The second-order valence-electron chi connectivity index (χ2n) is 4.67. The van der Waals surface area contributed by atoms with Gasteiger partial charge >= 0.3 is 0 Å². The van der Waals surface area contributed by atoms with E-state index in [0.29, 0.717) is 0 Å². The van der Waals surface area contributed by atoms with Gasteiger partial charge < -0.3 is 10.6 Å². The summed E-state index contributed by atoms with van der Waals surface area (Å²) in [5.41, 5.74) is 9.97. The third kappa shape index (κ3) is 1.74. The lowest BCUT2D eigenvalue weighted by Crippen LogP contribution is -2.20. The summed E-state index contributed by atoms with van der Waals surface area (Å²) in [6.45, 7) is 4.79. The van der Waals surface area contributed by atoms with Crippen LogP contribution in [0.5, 0.6) is 0 Å². The van der Waals surface area contributed by atoms with Gasteiger partial charge in [0.05, 0.1) is 6.20 Å². The zero-order chi connectivity index (χ0) is 12.5. The second-order valence-corrected chi connectivity index (χ2v) is 4.67. The van der Waals surface area contributed by atoms with Gasteiger partial charge in [0.1, 0.15) is 5.82 Å². The molecule has 1 aromatic carbocycles. The first-order chi connectivity index (χ1) is 8.79. The summed E-state index contributed by atoms with van der Waals surface area (Å²) in [5.74, 6) is 0.793. The Bertz CT molecular complexity index is 559. The Morgan fingerprint density at radius 1 is 1.33 bits per heavy atom. The first-order valence-corrected chi connectivity index (χ1v) is 6.42. The molecule has 0 bridgehead atoms. The number of hydrogen-bond acceptors (Lipinski definition) is 3. The third-order valence-electron chi connectivity index (χ3n) is 3.60. The number of benzene rings is 1. The molecule has 18 heavy (non-hydrogen) atoms. The molecule has 0 fully saturated rings. The Kier molecular flexibility index (Phi) is 2.70. The lowest BCUT2D eigenvalue weighted by molar-refractivity contribution is 0.669. The van der Waals surface area contributed by atoms with Crippen LogP contribution >= 0.6 is 0 Å². The minimum Gasteiger partial charge on any atom is -0.384 e. The molecular weight excluding hydrogens is 224 g/mol. The Morgan fingerprint density at radius 2 is 2.17 bits per heavy atom. The molecule has 1 aromatic heterocycles. The molecule has 0 amide bonds. The molecule has 0 atom stereocenters. The topological polar surface area (TPSA) is 47.1 Å². The average molecular weight is 242 g/mol. The van der Waals surface area contributed by atoms with Gasteiger partial charge in [0.25, 0.3) is 0 Å². The molecule has 1 aliphatic rings. The fourth-order valence-corrected chi connectivity index (χ4v) is 2.58. The van der Waals surface area contributed by atoms with Crippen molar-refractivity contribution in [2.24, 2.45) is 0 Å². The standard InChI is InChI=1S/C14H18N4/c1-2-18-14(15)12(9-16-18)10-17-8-7-11-5-3-4-6-13(11)17/h3-6,9H,2,7-8,10,15H2,1H3. The highest BCUT2D eigenvalue weighted by Crippen LogP contribution is 2.29. The molecule has 0 unspecified atom stereocenters. The first-order valence-electron chi connectivity index (χ1n) is 6.42. The van der Waals surface area contributed by atoms with E-state index < -0.39 is 0 Å². The summed E-state index contributed by atoms with van der Waals surface area (Å²) in [7, 11) is 0. The zero-order valence-electron chi connectivity index (χ0n) is 10.6. The van der Waals surface area contributed by atoms with E-state index >= 15 is 0 Å². The van der Waals surface area contributed by atoms with Gasteiger partial charge in [0.2, 0.25) is 0 Å². The Hall–Kier alpha value is -1.97. The monoisotopic (exact) mass is 242 g/mol. The number of fused-ring (bicyclic) bond motifs is 1. The summed E-state index contributed by atoms with van der Waals surface area (Å²) < 4.78 is 1.84. The molecule has 0 radical (unpaired) electrons. The number of anilines is 2. The molecule has 2 heterocycles. The third-order valence-corrected chi connectivity index (χ3v) is 3.60. The number of hydrogen-bond donors (Lipinski definition) is 1. The molecular formula is C14H18N4. The van der Waals surface area contributed by atoms with E-state index in [4.69, 9.17) is 5.73 Å². The first kappa shape index (κ1) is 11.1. The Labute approximate surface area is 107 Å². The smallest absolute Gasteiger partial charge is 0.126 e. The molecule has 3 rings (SSSR count). The van der Waals surface area contributed by atoms with Crippen LogP contribution in [0.4, 0.5) is 11.5 Å². The van der Waals surface area contributed by atoms with E-state index in [1.807, 2.05) is 10.9 Å². The van der Waals surface area contributed by atoms with Crippen molar-refractivity contribution in [3.05, 3.63) is 41.6 Å². The van der Waals surface area contributed by atoms with E-state index in [-0.39, 0.29) is 0 Å². The van der Waals surface area contributed by atoms with Crippen molar-refractivity contribution in [3.8, 4) is 0 Å². The number of aromatic nitrogens is 2. The van der Waals surface area contributed by atoms with Crippen LogP contribution in [0, 0.1) is 0 Å². The van der Waals surface area contributed by atoms with Gasteiger partial charge in [-0.3, -0.25) is 4.68 Å². The highest BCUT2D eigenvalue weighted by molar-refractivity contribution is 5.58. The van der Waals surface area contributed by atoms with E-state index in [0.717, 1.165) is 37.4 Å². The molecule has 4 nitrogen and oxygen atoms in total. The number of rotatable bonds is 3. The van der Waals surface area contributed by atoms with Gasteiger partial charge in [-0.1, -0.05) is 18.2 Å². The van der Waals surface area contributed by atoms with Crippen LogP contribution in [0.15, 0.2) is 30.5 Å². The Balaban J connectivity index is 1.84. The number of nitrogens with zero attached hydrogens (tertiary/aromatic N) is 3. The maximum absolute atomic E-state index is 6.09. The number of nitrogens with two attached hydrogens (primary N) is 1. The van der Waals surface area contributed by atoms with Crippen molar-refractivity contribution >= 4 is 11.5 Å². The summed E-state index contributed by atoms with van der Waals surface area (Å²) in [4.78, 5) is 2.38. The van der Waals surface area contributed by atoms with E-state index in [1.165, 1.54) is 11.3 Å². The molecule has 94 valence electrons. The van der Waals surface area contributed by atoms with Crippen LogP contribution in [0.2, 0.25) is 0 Å². The highest BCUT2D eigenvalue weighted by Gasteiger charge is 2.19. The predicted molar refractivity (Wildman–Crippen MR) is 73.5 cm³/mol. The van der Waals surface area contributed by atoms with Crippen LogP contribution in [0.1, 0.15) is 18.1 Å². The number of aryl methyl sites for hydroxylation is 1. The van der Waals surface area contributed by atoms with Gasteiger partial charge in [-0.25, -0.2) is 0 Å². The highest BCUT2D eigenvalue weighted by atomic mass is 15.3. The van der Waals surface area contributed by atoms with Gasteiger partial charge in [0.15, 0.2) is 0 Å². The summed E-state index contributed by atoms with van der Waals surface area (Å²) in [5, 5.41) is 4.30. The van der Waals surface area contributed by atoms with Gasteiger partial charge in [-0.05, 0) is 25.0 Å². The maximum Gasteiger partial charge on any atom is 0.126 e. The number of nitrogen functional groups attached to an aromatic ring is 1. The van der Waals surface area contributed by atoms with Crippen molar-refractivity contribution < 1.29 is 0 Å². The van der Waals surface area contributed by atoms with Crippen molar-refractivity contribution in [3.63, 3.8) is 0 Å². The SMILES string of the molecule is CCn1ncc(CN2CCc3ccccc32)c1N. The minimum absolute atomic E-state index is 0.793. The fourth-order valence-electron chi connectivity index (χ4n) is 2.58. The van der Waals surface area contributed by atoms with E-state index in [2.05, 4.69) is 41.2 Å². The quantitative estimate of drug-likeness (QED) is 0.896. The lowest BCUT2D eigenvalue weighted by Gasteiger charge is -2.18. The van der Waals surface area contributed by atoms with Gasteiger partial charge in [-0.15, -0.1) is 0 Å². The maximum atomic E-state index is 6.09. The van der Waals surface area contributed by atoms with Crippen molar-refractivity contribution in [1.29, 1.82) is 0 Å². The van der Waals surface area contributed by atoms with Crippen LogP contribution in [-0.4, -0.2) is 16.3 Å². The fraction of sp³-hybridized carbons (Fsp3) is 0.357. The average Bonchev–Trinajstić information content (AvgIpc) is 2.96. The summed E-state index contributed by atoms with van der Waals surface area (Å²) in [6.07, 6.45) is 3.01. The number of para-hydroxylation sites is 1. The summed E-state index contributed by atoms with van der Waals surface area (Å²) in [6, 6.07) is 8.58. The van der Waals surface area contributed by atoms with Crippen LogP contribution < -0.4 is 10.6 Å². The minimum atomic E-state index is 0.793.